The van der Waals surface area contributed by atoms with Gasteiger partial charge in [0.25, 0.3) is 0 Å². The van der Waals surface area contributed by atoms with Crippen LogP contribution in [0.3, 0.4) is 0 Å². The van der Waals surface area contributed by atoms with Crippen LogP contribution in [0.15, 0.2) is 47.8 Å². The molecule has 0 unspecified atom stereocenters. The van der Waals surface area contributed by atoms with E-state index < -0.39 is 0 Å². The second-order valence-corrected chi connectivity index (χ2v) is 4.20. The van der Waals surface area contributed by atoms with E-state index >= 15 is 0 Å². The summed E-state index contributed by atoms with van der Waals surface area (Å²) < 4.78 is 0. The quantitative estimate of drug-likeness (QED) is 0.612. The van der Waals surface area contributed by atoms with E-state index in [2.05, 4.69) is 52.8 Å². The summed E-state index contributed by atoms with van der Waals surface area (Å²) in [5, 5.41) is 3.37. The largest absolute Gasteiger partial charge is 0.354 e. The molecule has 1 aromatic carbocycles. The van der Waals surface area contributed by atoms with E-state index in [1.54, 1.807) is 11.3 Å². The van der Waals surface area contributed by atoms with E-state index in [-0.39, 0.29) is 0 Å². The highest BCUT2D eigenvalue weighted by Gasteiger charge is 2.02. The molecule has 0 saturated heterocycles. The zero-order valence-corrected chi connectivity index (χ0v) is 8.34. The van der Waals surface area contributed by atoms with Crippen LogP contribution < -0.4 is 0 Å². The Hall–Kier alpha value is -1.54. The van der Waals surface area contributed by atoms with Gasteiger partial charge in [-0.3, -0.25) is 0 Å². The first kappa shape index (κ1) is 7.83. The molecule has 0 amide bonds. The van der Waals surface area contributed by atoms with E-state index in [0.29, 0.717) is 0 Å². The minimum atomic E-state index is 1.20. The third-order valence-corrected chi connectivity index (χ3v) is 3.22. The maximum Gasteiger partial charge on any atom is 0.0566 e. The Morgan fingerprint density at radius 1 is 1.00 bits per heavy atom. The lowest BCUT2D eigenvalue weighted by atomic mass is 10.2. The van der Waals surface area contributed by atoms with Gasteiger partial charge in [0.1, 0.15) is 0 Å². The lowest BCUT2D eigenvalue weighted by Crippen LogP contribution is -1.68. The molecule has 0 spiro atoms. The van der Waals surface area contributed by atoms with Crippen LogP contribution in [0.4, 0.5) is 0 Å². The fourth-order valence-electron chi connectivity index (χ4n) is 1.64. The molecule has 2 heteroatoms. The summed E-state index contributed by atoms with van der Waals surface area (Å²) in [5.41, 5.74) is 2.41. The van der Waals surface area contributed by atoms with Crippen LogP contribution >= 0.6 is 11.3 Å². The summed E-state index contributed by atoms with van der Waals surface area (Å²) in [6.07, 6.45) is 0. The molecule has 0 radical (unpaired) electrons. The highest BCUT2D eigenvalue weighted by atomic mass is 32.1. The molecule has 0 atom stereocenters. The van der Waals surface area contributed by atoms with Gasteiger partial charge in [0, 0.05) is 10.9 Å². The number of para-hydroxylation sites is 1. The van der Waals surface area contributed by atoms with Crippen LogP contribution in [-0.2, 0) is 0 Å². The van der Waals surface area contributed by atoms with Gasteiger partial charge >= 0.3 is 0 Å². The van der Waals surface area contributed by atoms with Crippen molar-refractivity contribution in [2.45, 2.75) is 0 Å². The maximum atomic E-state index is 3.41. The summed E-state index contributed by atoms with van der Waals surface area (Å²) in [5.74, 6) is 0. The van der Waals surface area contributed by atoms with Gasteiger partial charge in [-0.05, 0) is 23.6 Å². The van der Waals surface area contributed by atoms with Crippen LogP contribution in [-0.4, -0.2) is 4.98 Å². The van der Waals surface area contributed by atoms with E-state index in [4.69, 9.17) is 0 Å². The van der Waals surface area contributed by atoms with E-state index in [9.17, 15) is 0 Å². The van der Waals surface area contributed by atoms with Crippen LogP contribution in [0.1, 0.15) is 0 Å². The number of hydrogen-bond acceptors (Lipinski definition) is 1. The number of nitrogens with one attached hydrogen (secondary N) is 1. The van der Waals surface area contributed by atoms with Crippen molar-refractivity contribution in [2.75, 3.05) is 0 Å². The fraction of sp³-hybridized carbons (Fsp3) is 0. The first-order valence-electron chi connectivity index (χ1n) is 4.55. The molecular formula is C12H9NS. The van der Waals surface area contributed by atoms with Crippen molar-refractivity contribution in [1.82, 2.24) is 4.98 Å². The molecule has 2 aromatic heterocycles. The highest BCUT2D eigenvalue weighted by molar-refractivity contribution is 7.13. The summed E-state index contributed by atoms with van der Waals surface area (Å²) in [6, 6.07) is 14.8. The van der Waals surface area contributed by atoms with Gasteiger partial charge in [0.15, 0.2) is 0 Å². The van der Waals surface area contributed by atoms with Crippen molar-refractivity contribution in [3.63, 3.8) is 0 Å². The molecule has 0 fully saturated rings. The zero-order valence-electron chi connectivity index (χ0n) is 7.53. The van der Waals surface area contributed by atoms with Gasteiger partial charge in [-0.2, -0.15) is 0 Å². The molecule has 14 heavy (non-hydrogen) atoms. The summed E-state index contributed by atoms with van der Waals surface area (Å²) in [4.78, 5) is 4.70. The molecule has 0 aliphatic heterocycles. The topological polar surface area (TPSA) is 15.8 Å². The third-order valence-electron chi connectivity index (χ3n) is 2.32. The Morgan fingerprint density at radius 3 is 2.71 bits per heavy atom. The molecule has 0 aliphatic rings. The minimum Gasteiger partial charge on any atom is -0.354 e. The average molecular weight is 199 g/mol. The second kappa shape index (κ2) is 3.00. The molecule has 1 nitrogen and oxygen atoms in total. The van der Waals surface area contributed by atoms with Crippen LogP contribution in [0.5, 0.6) is 0 Å². The number of aromatic amines is 1. The zero-order chi connectivity index (χ0) is 9.38. The first-order valence-corrected chi connectivity index (χ1v) is 5.43. The van der Waals surface area contributed by atoms with Gasteiger partial charge in [-0.15, -0.1) is 11.3 Å². The lowest BCUT2D eigenvalue weighted by molar-refractivity contribution is 1.48. The first-order chi connectivity index (χ1) is 6.93. The normalized spacial score (nSPS) is 10.9. The lowest BCUT2D eigenvalue weighted by Gasteiger charge is -1.88. The third kappa shape index (κ3) is 1.16. The van der Waals surface area contributed by atoms with Crippen LogP contribution in [0.25, 0.3) is 21.5 Å². The van der Waals surface area contributed by atoms with Crippen molar-refractivity contribution in [3.05, 3.63) is 47.8 Å². The molecule has 2 heterocycles. The van der Waals surface area contributed by atoms with E-state index in [0.717, 1.165) is 0 Å². The monoisotopic (exact) mass is 199 g/mol. The average Bonchev–Trinajstić information content (AvgIpc) is 2.86. The van der Waals surface area contributed by atoms with Crippen LogP contribution in [0.2, 0.25) is 0 Å². The number of benzene rings is 1. The number of thiophene rings is 1. The maximum absolute atomic E-state index is 3.41. The van der Waals surface area contributed by atoms with Crippen molar-refractivity contribution in [1.29, 1.82) is 0 Å². The number of hydrogen-bond donors (Lipinski definition) is 1. The van der Waals surface area contributed by atoms with Crippen molar-refractivity contribution in [2.24, 2.45) is 0 Å². The molecule has 0 saturated carbocycles. The summed E-state index contributed by atoms with van der Waals surface area (Å²) in [7, 11) is 0. The highest BCUT2D eigenvalue weighted by Crippen LogP contribution is 2.27. The number of fused-ring (bicyclic) bond motifs is 1. The van der Waals surface area contributed by atoms with Gasteiger partial charge in [0.05, 0.1) is 10.6 Å². The van der Waals surface area contributed by atoms with Crippen molar-refractivity contribution in [3.8, 4) is 10.6 Å². The molecule has 3 rings (SSSR count). The van der Waals surface area contributed by atoms with E-state index in [1.165, 1.54) is 21.5 Å². The Morgan fingerprint density at radius 2 is 1.93 bits per heavy atom. The smallest absolute Gasteiger partial charge is 0.0566 e. The van der Waals surface area contributed by atoms with Crippen LogP contribution in [0, 0.1) is 0 Å². The summed E-state index contributed by atoms with van der Waals surface area (Å²) >= 11 is 1.76. The predicted octanol–water partition coefficient (Wildman–Crippen LogP) is 3.90. The number of H-pyrrole nitrogens is 1. The number of rotatable bonds is 1. The molecule has 68 valence electrons. The van der Waals surface area contributed by atoms with Gasteiger partial charge < -0.3 is 4.98 Å². The van der Waals surface area contributed by atoms with Gasteiger partial charge in [-0.25, -0.2) is 0 Å². The molecule has 1 N–H and O–H groups in total. The molecule has 3 aromatic rings. The fourth-order valence-corrected chi connectivity index (χ4v) is 2.34. The van der Waals surface area contributed by atoms with E-state index in [1.807, 2.05) is 0 Å². The molecule has 0 bridgehead atoms. The Bertz CT molecular complexity index is 515. The Kier molecular flexibility index (Phi) is 1.67. The molecule has 0 aliphatic carbocycles. The standard InChI is InChI=1S/C12H9NS/c1-2-5-10-9(4-1)8-11(13-10)12-6-3-7-14-12/h1-8,13H. The predicted molar refractivity (Wildman–Crippen MR) is 61.6 cm³/mol. The summed E-state index contributed by atoms with van der Waals surface area (Å²) in [6.45, 7) is 0. The molecular weight excluding hydrogens is 190 g/mol. The second-order valence-electron chi connectivity index (χ2n) is 3.25. The Balaban J connectivity index is 2.24. The minimum absolute atomic E-state index is 1.20. The SMILES string of the molecule is c1csc(-c2cc3ccccc3[nH]2)c1. The Labute approximate surface area is 86.0 Å². The van der Waals surface area contributed by atoms with Crippen molar-refractivity contribution < 1.29 is 0 Å². The van der Waals surface area contributed by atoms with Crippen molar-refractivity contribution >= 4 is 22.2 Å². The van der Waals surface area contributed by atoms with Gasteiger partial charge in [0.2, 0.25) is 0 Å². The number of aromatic nitrogens is 1. The van der Waals surface area contributed by atoms with Gasteiger partial charge in [-0.1, -0.05) is 24.3 Å².